The smallest absolute Gasteiger partial charge is 0.276 e. The zero-order valence-corrected chi connectivity index (χ0v) is 18.1. The normalized spacial score (nSPS) is 11.3. The van der Waals surface area contributed by atoms with Gasteiger partial charge < -0.3 is 5.32 Å². The Labute approximate surface area is 182 Å². The Kier molecular flexibility index (Phi) is 6.43. The van der Waals surface area contributed by atoms with E-state index in [1.165, 1.54) is 12.1 Å². The molecule has 29 heavy (non-hydrogen) atoms. The summed E-state index contributed by atoms with van der Waals surface area (Å²) in [7, 11) is -3.89. The number of aromatic nitrogens is 2. The first kappa shape index (κ1) is 21.5. The molecule has 2 aromatic carbocycles. The summed E-state index contributed by atoms with van der Waals surface area (Å²) in [6, 6.07) is 11.6. The minimum Gasteiger partial charge on any atom is -0.319 e. The number of benzene rings is 2. The molecule has 0 radical (unpaired) electrons. The molecule has 0 spiro atoms. The molecular formula is C19H14Cl3N3O3S. The van der Waals surface area contributed by atoms with Crippen LogP contribution in [0.2, 0.25) is 15.1 Å². The number of nitrogens with zero attached hydrogens (tertiary/aromatic N) is 2. The van der Waals surface area contributed by atoms with Crippen LogP contribution in [-0.2, 0) is 15.6 Å². The van der Waals surface area contributed by atoms with Gasteiger partial charge in [0.1, 0.15) is 0 Å². The van der Waals surface area contributed by atoms with Gasteiger partial charge in [0.15, 0.2) is 5.69 Å². The summed E-state index contributed by atoms with van der Waals surface area (Å²) in [4.78, 5) is 20.3. The minimum absolute atomic E-state index is 0.0953. The number of carbonyl (C=O) groups is 1. The second kappa shape index (κ2) is 8.67. The summed E-state index contributed by atoms with van der Waals surface area (Å²) >= 11 is 17.9. The van der Waals surface area contributed by atoms with Gasteiger partial charge in [-0.25, -0.2) is 18.4 Å². The fraction of sp³-hybridized carbons (Fsp3) is 0.105. The van der Waals surface area contributed by atoms with Gasteiger partial charge >= 0.3 is 0 Å². The molecule has 6 nitrogen and oxygen atoms in total. The molecule has 1 N–H and O–H groups in total. The van der Waals surface area contributed by atoms with Gasteiger partial charge in [-0.3, -0.25) is 4.79 Å². The van der Waals surface area contributed by atoms with Crippen molar-refractivity contribution in [2.45, 2.75) is 17.8 Å². The Balaban J connectivity index is 1.89. The van der Waals surface area contributed by atoms with Crippen molar-refractivity contribution in [3.8, 4) is 0 Å². The first-order valence-corrected chi connectivity index (χ1v) is 11.0. The van der Waals surface area contributed by atoms with Crippen LogP contribution in [0, 0.1) is 6.92 Å². The number of hydrogen-bond acceptors (Lipinski definition) is 5. The zero-order valence-electron chi connectivity index (χ0n) is 15.0. The van der Waals surface area contributed by atoms with Crippen LogP contribution < -0.4 is 5.32 Å². The number of halogens is 3. The van der Waals surface area contributed by atoms with Crippen molar-refractivity contribution in [2.24, 2.45) is 0 Å². The Bertz CT molecular complexity index is 1200. The van der Waals surface area contributed by atoms with Gasteiger partial charge in [-0.15, -0.1) is 0 Å². The fourth-order valence-corrected chi connectivity index (χ4v) is 4.34. The van der Waals surface area contributed by atoms with E-state index in [-0.39, 0.29) is 27.2 Å². The van der Waals surface area contributed by atoms with E-state index in [0.717, 1.165) is 11.8 Å². The van der Waals surface area contributed by atoms with Crippen LogP contribution in [0.3, 0.4) is 0 Å². The monoisotopic (exact) mass is 469 g/mol. The summed E-state index contributed by atoms with van der Waals surface area (Å²) in [6.45, 7) is 1.86. The first-order chi connectivity index (χ1) is 13.7. The average Bonchev–Trinajstić information content (AvgIpc) is 2.63. The molecule has 0 atom stereocenters. The van der Waals surface area contributed by atoms with Gasteiger partial charge in [-0.2, -0.15) is 0 Å². The van der Waals surface area contributed by atoms with Crippen LogP contribution in [0.4, 0.5) is 5.69 Å². The molecule has 150 valence electrons. The average molecular weight is 471 g/mol. The first-order valence-electron chi connectivity index (χ1n) is 8.23. The van der Waals surface area contributed by atoms with Gasteiger partial charge in [0.05, 0.1) is 27.7 Å². The summed E-state index contributed by atoms with van der Waals surface area (Å²) in [5.41, 5.74) is 1.51. The molecule has 0 saturated carbocycles. The summed E-state index contributed by atoms with van der Waals surface area (Å²) < 4.78 is 25.4. The molecular weight excluding hydrogens is 457 g/mol. The molecule has 3 aromatic rings. The van der Waals surface area contributed by atoms with E-state index in [1.807, 2.05) is 13.0 Å². The number of rotatable bonds is 5. The van der Waals surface area contributed by atoms with Crippen molar-refractivity contribution in [3.05, 3.63) is 80.6 Å². The predicted octanol–water partition coefficient (Wildman–Crippen LogP) is 4.97. The number of sulfone groups is 1. The number of anilines is 1. The maximum atomic E-state index is 12.7. The summed E-state index contributed by atoms with van der Waals surface area (Å²) in [5.74, 6) is -1.03. The molecule has 0 aliphatic heterocycles. The van der Waals surface area contributed by atoms with Gasteiger partial charge in [0, 0.05) is 5.02 Å². The van der Waals surface area contributed by atoms with Crippen molar-refractivity contribution >= 4 is 56.2 Å². The van der Waals surface area contributed by atoms with Crippen LogP contribution in [0.25, 0.3) is 0 Å². The van der Waals surface area contributed by atoms with Gasteiger partial charge in [-0.05, 0) is 30.7 Å². The van der Waals surface area contributed by atoms with Gasteiger partial charge in [0.2, 0.25) is 15.0 Å². The lowest BCUT2D eigenvalue weighted by Gasteiger charge is -2.10. The highest BCUT2D eigenvalue weighted by Crippen LogP contribution is 2.26. The van der Waals surface area contributed by atoms with Gasteiger partial charge in [0.25, 0.3) is 5.91 Å². The van der Waals surface area contributed by atoms with E-state index >= 15 is 0 Å². The van der Waals surface area contributed by atoms with E-state index in [4.69, 9.17) is 34.8 Å². The number of hydrogen-bond donors (Lipinski definition) is 1. The molecule has 1 aromatic heterocycles. The summed E-state index contributed by atoms with van der Waals surface area (Å²) in [5, 5.41) is 2.56. The topological polar surface area (TPSA) is 89.0 Å². The Morgan fingerprint density at radius 2 is 1.83 bits per heavy atom. The lowest BCUT2D eigenvalue weighted by atomic mass is 10.2. The molecule has 0 unspecified atom stereocenters. The van der Waals surface area contributed by atoms with Crippen LogP contribution in [-0.4, -0.2) is 24.3 Å². The standard InChI is InChI=1S/C19H14Cl3N3O3S/c1-11-3-2-4-12(7-11)10-29(27,28)19-23-9-15(22)17(25-19)18(26)24-16-6-5-13(20)8-14(16)21/h2-9H,10H2,1H3,(H,24,26). The van der Waals surface area contributed by atoms with E-state index in [1.54, 1.807) is 24.3 Å². The third-order valence-electron chi connectivity index (χ3n) is 3.83. The molecule has 1 amide bonds. The van der Waals surface area contributed by atoms with Crippen molar-refractivity contribution in [3.63, 3.8) is 0 Å². The molecule has 3 rings (SSSR count). The van der Waals surface area contributed by atoms with Crippen molar-refractivity contribution in [1.29, 1.82) is 0 Å². The van der Waals surface area contributed by atoms with E-state index in [2.05, 4.69) is 15.3 Å². The number of carbonyl (C=O) groups excluding carboxylic acids is 1. The van der Waals surface area contributed by atoms with Crippen LogP contribution >= 0.6 is 34.8 Å². The summed E-state index contributed by atoms with van der Waals surface area (Å²) in [6.07, 6.45) is 1.08. The fourth-order valence-electron chi connectivity index (χ4n) is 2.52. The lowest BCUT2D eigenvalue weighted by Crippen LogP contribution is -2.18. The number of nitrogens with one attached hydrogen (secondary N) is 1. The Morgan fingerprint density at radius 1 is 1.07 bits per heavy atom. The third kappa shape index (κ3) is 5.25. The predicted molar refractivity (Wildman–Crippen MR) is 114 cm³/mol. The second-order valence-corrected chi connectivity index (χ2v) is 9.31. The van der Waals surface area contributed by atoms with Crippen LogP contribution in [0.15, 0.2) is 53.8 Å². The Hall–Kier alpha value is -2.19. The molecule has 0 bridgehead atoms. The lowest BCUT2D eigenvalue weighted by molar-refractivity contribution is 0.102. The second-order valence-electron chi connectivity index (χ2n) is 6.18. The molecule has 0 aliphatic carbocycles. The maximum Gasteiger partial charge on any atom is 0.276 e. The SMILES string of the molecule is Cc1cccc(CS(=O)(=O)c2ncc(Cl)c(C(=O)Nc3ccc(Cl)cc3Cl)n2)c1. The molecule has 0 fully saturated rings. The van der Waals surface area contributed by atoms with E-state index < -0.39 is 20.9 Å². The van der Waals surface area contributed by atoms with Gasteiger partial charge in [-0.1, -0.05) is 64.6 Å². The highest BCUT2D eigenvalue weighted by Gasteiger charge is 2.23. The van der Waals surface area contributed by atoms with Crippen molar-refractivity contribution in [2.75, 3.05) is 5.32 Å². The van der Waals surface area contributed by atoms with Crippen molar-refractivity contribution in [1.82, 2.24) is 9.97 Å². The van der Waals surface area contributed by atoms with E-state index in [0.29, 0.717) is 10.6 Å². The van der Waals surface area contributed by atoms with E-state index in [9.17, 15) is 13.2 Å². The van der Waals surface area contributed by atoms with Crippen LogP contribution in [0.5, 0.6) is 0 Å². The molecule has 1 heterocycles. The number of amides is 1. The number of aryl methyl sites for hydroxylation is 1. The Morgan fingerprint density at radius 3 is 2.52 bits per heavy atom. The van der Waals surface area contributed by atoms with Crippen LogP contribution in [0.1, 0.15) is 21.6 Å². The third-order valence-corrected chi connectivity index (χ3v) is 6.12. The highest BCUT2D eigenvalue weighted by atomic mass is 35.5. The largest absolute Gasteiger partial charge is 0.319 e. The highest BCUT2D eigenvalue weighted by molar-refractivity contribution is 7.90. The molecule has 0 saturated heterocycles. The molecule has 10 heteroatoms. The quantitative estimate of drug-likeness (QED) is 0.532. The molecule has 0 aliphatic rings. The zero-order chi connectivity index (χ0) is 21.2. The maximum absolute atomic E-state index is 12.7. The van der Waals surface area contributed by atoms with Crippen molar-refractivity contribution < 1.29 is 13.2 Å². The minimum atomic E-state index is -3.89.